The van der Waals surface area contributed by atoms with Crippen LogP contribution in [0.4, 0.5) is 0 Å². The highest BCUT2D eigenvalue weighted by Crippen LogP contribution is 2.21. The highest BCUT2D eigenvalue weighted by molar-refractivity contribution is 5.13. The van der Waals surface area contributed by atoms with E-state index in [1.165, 1.54) is 5.56 Å². The summed E-state index contributed by atoms with van der Waals surface area (Å²) in [4.78, 5) is 6.56. The molecule has 2 unspecified atom stereocenters. The van der Waals surface area contributed by atoms with E-state index in [0.29, 0.717) is 12.6 Å². The van der Waals surface area contributed by atoms with Crippen LogP contribution in [0.15, 0.2) is 24.5 Å². The van der Waals surface area contributed by atoms with Gasteiger partial charge in [0.25, 0.3) is 0 Å². The summed E-state index contributed by atoms with van der Waals surface area (Å²) in [6.45, 7) is 5.44. The van der Waals surface area contributed by atoms with Crippen LogP contribution in [0.5, 0.6) is 0 Å². The molecule has 1 aromatic rings. The van der Waals surface area contributed by atoms with Gasteiger partial charge in [0.1, 0.15) is 0 Å². The molecule has 88 valence electrons. The van der Waals surface area contributed by atoms with Gasteiger partial charge >= 0.3 is 0 Å². The molecule has 1 aromatic heterocycles. The van der Waals surface area contributed by atoms with Crippen LogP contribution in [0.1, 0.15) is 18.5 Å². The molecule has 0 radical (unpaired) electrons. The zero-order valence-corrected chi connectivity index (χ0v) is 9.67. The number of rotatable bonds is 3. The number of ether oxygens (including phenoxy) is 1. The summed E-state index contributed by atoms with van der Waals surface area (Å²) < 4.78 is 5.56. The van der Waals surface area contributed by atoms with Gasteiger partial charge in [-0.15, -0.1) is 0 Å². The third kappa shape index (κ3) is 2.58. The second kappa shape index (κ2) is 5.39. The van der Waals surface area contributed by atoms with Crippen molar-refractivity contribution < 1.29 is 4.74 Å². The normalized spacial score (nSPS) is 24.2. The van der Waals surface area contributed by atoms with E-state index in [0.717, 1.165) is 19.7 Å². The summed E-state index contributed by atoms with van der Waals surface area (Å²) in [5.41, 5.74) is 6.89. The number of nitrogens with two attached hydrogens (primary N) is 1. The van der Waals surface area contributed by atoms with Crippen molar-refractivity contribution >= 4 is 0 Å². The molecule has 2 N–H and O–H groups in total. The van der Waals surface area contributed by atoms with Crippen LogP contribution in [0.2, 0.25) is 0 Å². The zero-order chi connectivity index (χ0) is 11.4. The van der Waals surface area contributed by atoms with Crippen LogP contribution < -0.4 is 5.73 Å². The Balaban J connectivity index is 2.01. The smallest absolute Gasteiger partial charge is 0.0824 e. The van der Waals surface area contributed by atoms with Crippen LogP contribution in [-0.4, -0.2) is 42.2 Å². The van der Waals surface area contributed by atoms with Gasteiger partial charge in [-0.25, -0.2) is 0 Å². The Morgan fingerprint density at radius 1 is 1.69 bits per heavy atom. The lowest BCUT2D eigenvalue weighted by Crippen LogP contribution is -2.46. The molecule has 4 nitrogen and oxygen atoms in total. The van der Waals surface area contributed by atoms with Crippen LogP contribution in [0.3, 0.4) is 0 Å². The quantitative estimate of drug-likeness (QED) is 0.820. The fourth-order valence-corrected chi connectivity index (χ4v) is 2.07. The average Bonchev–Trinajstić information content (AvgIpc) is 2.39. The van der Waals surface area contributed by atoms with E-state index >= 15 is 0 Å². The number of hydrogen-bond donors (Lipinski definition) is 1. The van der Waals surface area contributed by atoms with Gasteiger partial charge in [-0.05, 0) is 18.6 Å². The second-order valence-electron chi connectivity index (χ2n) is 4.19. The van der Waals surface area contributed by atoms with E-state index in [1.807, 2.05) is 12.3 Å². The molecule has 0 spiro atoms. The molecule has 0 bridgehead atoms. The van der Waals surface area contributed by atoms with Crippen molar-refractivity contribution in [2.24, 2.45) is 5.73 Å². The molecule has 1 fully saturated rings. The summed E-state index contributed by atoms with van der Waals surface area (Å²) in [6.07, 6.45) is 3.91. The highest BCUT2D eigenvalue weighted by Gasteiger charge is 2.23. The first kappa shape index (κ1) is 11.5. The third-order valence-corrected chi connectivity index (χ3v) is 3.15. The number of aromatic nitrogens is 1. The number of pyridine rings is 1. The molecule has 0 saturated carbocycles. The van der Waals surface area contributed by atoms with Gasteiger partial charge in [0.2, 0.25) is 0 Å². The van der Waals surface area contributed by atoms with Gasteiger partial charge in [0, 0.05) is 38.1 Å². The van der Waals surface area contributed by atoms with Crippen molar-refractivity contribution in [3.05, 3.63) is 30.1 Å². The molecule has 2 atom stereocenters. The summed E-state index contributed by atoms with van der Waals surface area (Å²) >= 11 is 0. The lowest BCUT2D eigenvalue weighted by molar-refractivity contribution is -0.0364. The fourth-order valence-electron chi connectivity index (χ4n) is 2.07. The Bertz CT molecular complexity index is 317. The topological polar surface area (TPSA) is 51.4 Å². The zero-order valence-electron chi connectivity index (χ0n) is 9.67. The lowest BCUT2D eigenvalue weighted by atomic mass is 10.1. The van der Waals surface area contributed by atoms with Crippen molar-refractivity contribution in [2.45, 2.75) is 19.1 Å². The molecule has 1 aliphatic heterocycles. The minimum absolute atomic E-state index is 0.174. The van der Waals surface area contributed by atoms with Gasteiger partial charge in [-0.1, -0.05) is 6.07 Å². The average molecular weight is 221 g/mol. The Hall–Kier alpha value is -0.970. The Labute approximate surface area is 96.4 Å². The maximum Gasteiger partial charge on any atom is 0.0824 e. The van der Waals surface area contributed by atoms with Crippen molar-refractivity contribution in [1.82, 2.24) is 9.88 Å². The molecular formula is C12H19N3O. The van der Waals surface area contributed by atoms with Crippen LogP contribution >= 0.6 is 0 Å². The molecule has 4 heteroatoms. The van der Waals surface area contributed by atoms with Gasteiger partial charge in [0.15, 0.2) is 0 Å². The van der Waals surface area contributed by atoms with Crippen LogP contribution in [0, 0.1) is 0 Å². The van der Waals surface area contributed by atoms with E-state index in [4.69, 9.17) is 10.5 Å². The number of morpholine rings is 1. The predicted molar refractivity (Wildman–Crippen MR) is 63.0 cm³/mol. The third-order valence-electron chi connectivity index (χ3n) is 3.15. The largest absolute Gasteiger partial charge is 0.374 e. The van der Waals surface area contributed by atoms with Gasteiger partial charge in [-0.2, -0.15) is 0 Å². The molecular weight excluding hydrogens is 202 g/mol. The predicted octanol–water partition coefficient (Wildman–Crippen LogP) is 0.802. The molecule has 0 aliphatic carbocycles. The maximum absolute atomic E-state index is 5.64. The van der Waals surface area contributed by atoms with Gasteiger partial charge < -0.3 is 10.5 Å². The number of nitrogens with zero attached hydrogens (tertiary/aromatic N) is 2. The first-order valence-electron chi connectivity index (χ1n) is 5.77. The fraction of sp³-hybridized carbons (Fsp3) is 0.583. The maximum atomic E-state index is 5.64. The van der Waals surface area contributed by atoms with Crippen molar-refractivity contribution in [3.8, 4) is 0 Å². The summed E-state index contributed by atoms with van der Waals surface area (Å²) in [6, 6.07) is 4.48. The minimum atomic E-state index is 0.174. The Kier molecular flexibility index (Phi) is 3.88. The highest BCUT2D eigenvalue weighted by atomic mass is 16.5. The Morgan fingerprint density at radius 3 is 3.25 bits per heavy atom. The van der Waals surface area contributed by atoms with E-state index < -0.39 is 0 Å². The van der Waals surface area contributed by atoms with Crippen LogP contribution in [-0.2, 0) is 4.74 Å². The minimum Gasteiger partial charge on any atom is -0.374 e. The van der Waals surface area contributed by atoms with E-state index in [1.54, 1.807) is 6.20 Å². The molecule has 2 heterocycles. The van der Waals surface area contributed by atoms with Crippen molar-refractivity contribution in [3.63, 3.8) is 0 Å². The van der Waals surface area contributed by atoms with Crippen molar-refractivity contribution in [1.29, 1.82) is 0 Å². The summed E-state index contributed by atoms with van der Waals surface area (Å²) in [5.74, 6) is 0. The SMILES string of the molecule is CC(c1cccnc1)N1CCOC(CN)C1. The Morgan fingerprint density at radius 2 is 2.56 bits per heavy atom. The standard InChI is InChI=1S/C12H19N3O/c1-10(11-3-2-4-14-8-11)15-5-6-16-12(7-13)9-15/h2-4,8,10,12H,5-7,9,13H2,1H3. The van der Waals surface area contributed by atoms with Gasteiger partial charge in [-0.3, -0.25) is 9.88 Å². The van der Waals surface area contributed by atoms with E-state index in [9.17, 15) is 0 Å². The first-order chi connectivity index (χ1) is 7.81. The van der Waals surface area contributed by atoms with Crippen LogP contribution in [0.25, 0.3) is 0 Å². The molecule has 0 aromatic carbocycles. The summed E-state index contributed by atoms with van der Waals surface area (Å²) in [5, 5.41) is 0. The van der Waals surface area contributed by atoms with Gasteiger partial charge in [0.05, 0.1) is 12.7 Å². The molecule has 1 aliphatic rings. The summed E-state index contributed by atoms with van der Waals surface area (Å²) in [7, 11) is 0. The lowest BCUT2D eigenvalue weighted by Gasteiger charge is -2.36. The number of hydrogen-bond acceptors (Lipinski definition) is 4. The molecule has 1 saturated heterocycles. The molecule has 16 heavy (non-hydrogen) atoms. The van der Waals surface area contributed by atoms with Crippen molar-refractivity contribution in [2.75, 3.05) is 26.2 Å². The second-order valence-corrected chi connectivity index (χ2v) is 4.19. The molecule has 0 amide bonds. The van der Waals surface area contributed by atoms with E-state index in [-0.39, 0.29) is 6.10 Å². The first-order valence-corrected chi connectivity index (χ1v) is 5.77. The monoisotopic (exact) mass is 221 g/mol. The van der Waals surface area contributed by atoms with E-state index in [2.05, 4.69) is 22.9 Å². The molecule has 2 rings (SSSR count).